The zero-order valence-corrected chi connectivity index (χ0v) is 16.2. The van der Waals surface area contributed by atoms with E-state index in [9.17, 15) is 31.1 Å². The van der Waals surface area contributed by atoms with Gasteiger partial charge in [0.15, 0.2) is 0 Å². The largest absolute Gasteiger partial charge is 0.573 e. The van der Waals surface area contributed by atoms with Crippen molar-refractivity contribution in [1.82, 2.24) is 5.01 Å². The molecule has 2 heterocycles. The fourth-order valence-electron chi connectivity index (χ4n) is 3.17. The molecule has 12 heteroatoms. The highest BCUT2D eigenvalue weighted by molar-refractivity contribution is 6.17. The molecule has 0 atom stereocenters. The molecule has 0 spiro atoms. The van der Waals surface area contributed by atoms with E-state index in [4.69, 9.17) is 4.74 Å². The second-order valence-corrected chi connectivity index (χ2v) is 6.86. The number of carbonyl (C=O) groups excluding carboxylic acids is 1. The lowest BCUT2D eigenvalue weighted by molar-refractivity contribution is -0.274. The van der Waals surface area contributed by atoms with Gasteiger partial charge in [-0.1, -0.05) is 0 Å². The zero-order chi connectivity index (χ0) is 23.3. The second kappa shape index (κ2) is 7.46. The molecule has 0 saturated heterocycles. The Bertz CT molecular complexity index is 1120. The summed E-state index contributed by atoms with van der Waals surface area (Å²) >= 11 is 0. The van der Waals surface area contributed by atoms with Crippen LogP contribution in [0.5, 0.6) is 11.5 Å². The molecule has 0 bridgehead atoms. The lowest BCUT2D eigenvalue weighted by atomic mass is 9.99. The predicted octanol–water partition coefficient (Wildman–Crippen LogP) is 5.16. The summed E-state index contributed by atoms with van der Waals surface area (Å²) in [6.07, 6.45) is -8.14. The number of rotatable bonds is 2. The van der Waals surface area contributed by atoms with E-state index >= 15 is 0 Å². The smallest absolute Gasteiger partial charge is 0.464 e. The molecule has 0 N–H and O–H groups in total. The Morgan fingerprint density at radius 1 is 1.09 bits per heavy atom. The van der Waals surface area contributed by atoms with Crippen LogP contribution in [0.2, 0.25) is 0 Å². The lowest BCUT2D eigenvalue weighted by Gasteiger charge is -2.22. The number of benzene rings is 2. The topological polar surface area (TPSA) is 54.4 Å². The van der Waals surface area contributed by atoms with Gasteiger partial charge in [0.2, 0.25) is 0 Å². The average Bonchev–Trinajstić information content (AvgIpc) is 3.16. The van der Waals surface area contributed by atoms with Crippen molar-refractivity contribution in [1.29, 1.82) is 0 Å². The van der Waals surface area contributed by atoms with Crippen LogP contribution in [-0.2, 0) is 6.18 Å². The minimum absolute atomic E-state index is 0.00817. The van der Waals surface area contributed by atoms with Crippen molar-refractivity contribution in [3.05, 3.63) is 65.4 Å². The van der Waals surface area contributed by atoms with Gasteiger partial charge in [-0.05, 0) is 42.5 Å². The minimum Gasteiger partial charge on any atom is -0.464 e. The Hall–Kier alpha value is -3.70. The van der Waals surface area contributed by atoms with Crippen LogP contribution in [-0.4, -0.2) is 36.7 Å². The van der Waals surface area contributed by atoms with E-state index in [0.29, 0.717) is 16.8 Å². The van der Waals surface area contributed by atoms with Crippen LogP contribution in [0.15, 0.2) is 59.4 Å². The van der Waals surface area contributed by atoms with Crippen molar-refractivity contribution in [3.63, 3.8) is 0 Å². The minimum atomic E-state index is -4.84. The summed E-state index contributed by atoms with van der Waals surface area (Å²) in [5.41, 5.74) is 0.503. The molecule has 168 valence electrons. The number of hydrogen-bond donors (Lipinski definition) is 0. The van der Waals surface area contributed by atoms with Crippen molar-refractivity contribution in [2.45, 2.75) is 12.5 Å². The predicted molar refractivity (Wildman–Crippen MR) is 100 cm³/mol. The number of hydrazone groups is 1. The molecule has 0 fully saturated rings. The molecule has 0 aromatic heterocycles. The molecule has 0 radical (unpaired) electrons. The number of ether oxygens (including phenoxy) is 2. The third-order valence-corrected chi connectivity index (χ3v) is 4.70. The molecule has 0 saturated carbocycles. The van der Waals surface area contributed by atoms with Crippen LogP contribution in [0.4, 0.5) is 36.8 Å². The van der Waals surface area contributed by atoms with Crippen molar-refractivity contribution in [2.24, 2.45) is 5.10 Å². The fourth-order valence-corrected chi connectivity index (χ4v) is 3.17. The SMILES string of the molecule is CN(C(=O)N1CC2=COc3cc(C(F)(F)F)ccc3C2=N1)c1ccc(OC(F)(F)F)cc1. The monoisotopic (exact) mass is 457 g/mol. The first-order valence-corrected chi connectivity index (χ1v) is 9.00. The van der Waals surface area contributed by atoms with Crippen LogP contribution in [0.1, 0.15) is 11.1 Å². The maximum absolute atomic E-state index is 12.9. The summed E-state index contributed by atoms with van der Waals surface area (Å²) in [5, 5.41) is 5.29. The quantitative estimate of drug-likeness (QED) is 0.586. The lowest BCUT2D eigenvalue weighted by Crippen LogP contribution is -2.37. The number of fused-ring (bicyclic) bond motifs is 3. The van der Waals surface area contributed by atoms with E-state index in [2.05, 4.69) is 9.84 Å². The standard InChI is InChI=1S/C20H13F6N3O3/c1-28(13-3-5-14(6-4-13)32-20(24,25)26)18(30)29-9-11-10-31-16-8-12(19(21,22)23)2-7-15(16)17(11)27-29/h2-8,10H,9H2,1H3. The zero-order valence-electron chi connectivity index (χ0n) is 16.2. The van der Waals surface area contributed by atoms with Gasteiger partial charge in [-0.25, -0.2) is 9.80 Å². The molecular formula is C20H13F6N3O3. The van der Waals surface area contributed by atoms with Crippen LogP contribution < -0.4 is 14.4 Å². The highest BCUT2D eigenvalue weighted by Gasteiger charge is 2.36. The molecule has 2 aromatic rings. The molecule has 0 aliphatic carbocycles. The van der Waals surface area contributed by atoms with Gasteiger partial charge in [0.1, 0.15) is 17.2 Å². The number of hydrogen-bond acceptors (Lipinski definition) is 4. The summed E-state index contributed by atoms with van der Waals surface area (Å²) in [5.74, 6) is -0.475. The number of anilines is 1. The molecule has 2 amide bonds. The molecule has 2 aliphatic rings. The van der Waals surface area contributed by atoms with Gasteiger partial charge in [-0.3, -0.25) is 4.90 Å². The van der Waals surface area contributed by atoms with Crippen LogP contribution >= 0.6 is 0 Å². The fraction of sp³-hybridized carbons (Fsp3) is 0.200. The van der Waals surface area contributed by atoms with Crippen LogP contribution in [0, 0.1) is 0 Å². The van der Waals surface area contributed by atoms with Gasteiger partial charge in [-0.15, -0.1) is 13.2 Å². The third-order valence-electron chi connectivity index (χ3n) is 4.70. The van der Waals surface area contributed by atoms with E-state index < -0.39 is 29.9 Å². The van der Waals surface area contributed by atoms with E-state index in [-0.39, 0.29) is 18.0 Å². The van der Waals surface area contributed by atoms with Crippen molar-refractivity contribution in [3.8, 4) is 11.5 Å². The van der Waals surface area contributed by atoms with Gasteiger partial charge in [-0.2, -0.15) is 18.3 Å². The maximum atomic E-state index is 12.9. The molecule has 0 unspecified atom stereocenters. The summed E-state index contributed by atoms with van der Waals surface area (Å²) in [6.45, 7) is 0.00817. The summed E-state index contributed by atoms with van der Waals surface area (Å²) in [4.78, 5) is 14.0. The summed E-state index contributed by atoms with van der Waals surface area (Å²) in [7, 11) is 1.40. The Labute approximate surface area is 176 Å². The van der Waals surface area contributed by atoms with Gasteiger partial charge in [0.25, 0.3) is 0 Å². The van der Waals surface area contributed by atoms with Gasteiger partial charge >= 0.3 is 18.6 Å². The van der Waals surface area contributed by atoms with Gasteiger partial charge in [0.05, 0.1) is 18.4 Å². The summed E-state index contributed by atoms with van der Waals surface area (Å²) < 4.78 is 84.7. The third kappa shape index (κ3) is 4.20. The Morgan fingerprint density at radius 3 is 2.41 bits per heavy atom. The Morgan fingerprint density at radius 2 is 1.78 bits per heavy atom. The average molecular weight is 457 g/mol. The molecule has 6 nitrogen and oxygen atoms in total. The van der Waals surface area contributed by atoms with Gasteiger partial charge in [0, 0.05) is 23.9 Å². The Balaban J connectivity index is 1.53. The van der Waals surface area contributed by atoms with Gasteiger partial charge < -0.3 is 9.47 Å². The second-order valence-electron chi connectivity index (χ2n) is 6.86. The van der Waals surface area contributed by atoms with Crippen molar-refractivity contribution in [2.75, 3.05) is 18.5 Å². The number of nitrogens with zero attached hydrogens (tertiary/aromatic N) is 3. The highest BCUT2D eigenvalue weighted by Crippen LogP contribution is 2.37. The molecular weight excluding hydrogens is 444 g/mol. The molecule has 2 aliphatic heterocycles. The van der Waals surface area contributed by atoms with Crippen LogP contribution in [0.3, 0.4) is 0 Å². The van der Waals surface area contributed by atoms with Crippen molar-refractivity contribution >= 4 is 17.4 Å². The van der Waals surface area contributed by atoms with Crippen LogP contribution in [0.25, 0.3) is 0 Å². The highest BCUT2D eigenvalue weighted by atomic mass is 19.4. The number of alkyl halides is 6. The van der Waals surface area contributed by atoms with Crippen molar-refractivity contribution < 1.29 is 40.6 Å². The first kappa shape index (κ1) is 21.5. The first-order chi connectivity index (χ1) is 14.9. The molecule has 32 heavy (non-hydrogen) atoms. The molecule has 4 rings (SSSR count). The number of amides is 2. The molecule has 2 aromatic carbocycles. The van der Waals surface area contributed by atoms with E-state index in [1.807, 2.05) is 0 Å². The van der Waals surface area contributed by atoms with E-state index in [1.165, 1.54) is 31.5 Å². The maximum Gasteiger partial charge on any atom is 0.573 e. The normalized spacial score (nSPS) is 15.3. The first-order valence-electron chi connectivity index (χ1n) is 9.00. The Kier molecular flexibility index (Phi) is 5.02. The number of carbonyl (C=O) groups is 1. The number of halogens is 6. The van der Waals surface area contributed by atoms with E-state index in [0.717, 1.165) is 34.2 Å². The number of urea groups is 1. The van der Waals surface area contributed by atoms with E-state index in [1.54, 1.807) is 0 Å². The summed E-state index contributed by atoms with van der Waals surface area (Å²) in [6, 6.07) is 7.03.